The molecule has 0 saturated carbocycles. The van der Waals surface area contributed by atoms with Gasteiger partial charge in [-0.15, -0.1) is 0 Å². The van der Waals surface area contributed by atoms with E-state index in [1.165, 1.54) is 35.1 Å². The number of aliphatic hydroxyl groups is 3. The van der Waals surface area contributed by atoms with Crippen molar-refractivity contribution in [2.24, 2.45) is 0 Å². The first-order valence-electron chi connectivity index (χ1n) is 8.20. The van der Waals surface area contributed by atoms with E-state index in [0.29, 0.717) is 0 Å². The molecule has 5 N–H and O–H groups in total. The van der Waals surface area contributed by atoms with Crippen LogP contribution in [0.2, 0.25) is 0 Å². The van der Waals surface area contributed by atoms with Crippen LogP contribution in [0.15, 0.2) is 18.7 Å². The minimum Gasteiger partial charge on any atom is -0.465 e. The molecule has 0 amide bonds. The molecule has 4 heterocycles. The Morgan fingerprint density at radius 3 is 2.82 bits per heavy atom. The highest BCUT2D eigenvalue weighted by atomic mass is 16.6. The lowest BCUT2D eigenvalue weighted by Gasteiger charge is -2.16. The van der Waals surface area contributed by atoms with Crippen LogP contribution in [-0.2, 0) is 9.47 Å². The lowest BCUT2D eigenvalue weighted by atomic mass is 10.1. The summed E-state index contributed by atoms with van der Waals surface area (Å²) in [6.45, 7) is -0.465. The maximum atomic E-state index is 11.6. The molecule has 3 aromatic heterocycles. The maximum absolute atomic E-state index is 11.6. The summed E-state index contributed by atoms with van der Waals surface area (Å²) in [4.78, 5) is 24.2. The van der Waals surface area contributed by atoms with Crippen LogP contribution in [0.25, 0.3) is 17.1 Å². The fraction of sp³-hybridized carbons (Fsp3) is 0.400. The summed E-state index contributed by atoms with van der Waals surface area (Å²) in [6, 6.07) is 0. The number of imidazole rings is 1. The second-order valence-electron chi connectivity index (χ2n) is 6.13. The average molecular weight is 391 g/mol. The van der Waals surface area contributed by atoms with E-state index in [4.69, 9.17) is 10.5 Å². The monoisotopic (exact) mass is 391 g/mol. The number of nitrogens with zero attached hydrogens (tertiary/aromatic N) is 6. The molecule has 4 atom stereocenters. The number of aliphatic hydroxyl groups excluding tert-OH is 3. The van der Waals surface area contributed by atoms with Gasteiger partial charge in [0.15, 0.2) is 17.7 Å². The van der Waals surface area contributed by atoms with Gasteiger partial charge in [-0.1, -0.05) is 0 Å². The van der Waals surface area contributed by atoms with E-state index in [-0.39, 0.29) is 28.5 Å². The molecule has 0 unspecified atom stereocenters. The molecule has 1 saturated heterocycles. The molecule has 0 aromatic carbocycles. The first kappa shape index (κ1) is 18.2. The summed E-state index contributed by atoms with van der Waals surface area (Å²) in [5.41, 5.74) is 6.63. The molecule has 13 heteroatoms. The fourth-order valence-corrected chi connectivity index (χ4v) is 2.98. The molecule has 0 aliphatic carbocycles. The van der Waals surface area contributed by atoms with Crippen molar-refractivity contribution in [1.29, 1.82) is 0 Å². The topological polar surface area (TPSA) is 184 Å². The van der Waals surface area contributed by atoms with Gasteiger partial charge in [-0.05, 0) is 0 Å². The lowest BCUT2D eigenvalue weighted by Crippen LogP contribution is -2.33. The highest BCUT2D eigenvalue weighted by molar-refractivity contribution is 5.88. The molecule has 148 valence electrons. The van der Waals surface area contributed by atoms with Crippen molar-refractivity contribution < 1.29 is 29.6 Å². The number of rotatable bonds is 4. The highest BCUT2D eigenvalue weighted by Gasteiger charge is 2.44. The van der Waals surface area contributed by atoms with E-state index in [1.807, 2.05) is 0 Å². The van der Waals surface area contributed by atoms with Crippen LogP contribution in [0.1, 0.15) is 16.6 Å². The third kappa shape index (κ3) is 2.77. The number of methoxy groups -OCH3 is 1. The van der Waals surface area contributed by atoms with E-state index in [1.54, 1.807) is 0 Å². The first-order valence-corrected chi connectivity index (χ1v) is 8.20. The number of hydrogen-bond acceptors (Lipinski definition) is 11. The molecular weight excluding hydrogens is 374 g/mol. The van der Waals surface area contributed by atoms with Crippen molar-refractivity contribution in [3.8, 4) is 5.95 Å². The number of nitrogens with two attached hydrogens (primary N) is 1. The Balaban J connectivity index is 1.77. The Labute approximate surface area is 157 Å². The Morgan fingerprint density at radius 1 is 1.36 bits per heavy atom. The molecule has 1 fully saturated rings. The van der Waals surface area contributed by atoms with Crippen LogP contribution in [0, 0.1) is 0 Å². The van der Waals surface area contributed by atoms with Crippen LogP contribution in [0.3, 0.4) is 0 Å². The number of hydrogen-bond donors (Lipinski definition) is 4. The first-order chi connectivity index (χ1) is 13.4. The van der Waals surface area contributed by atoms with Crippen LogP contribution in [0.5, 0.6) is 0 Å². The van der Waals surface area contributed by atoms with Crippen molar-refractivity contribution in [2.75, 3.05) is 19.5 Å². The summed E-state index contributed by atoms with van der Waals surface area (Å²) < 4.78 is 12.8. The molecule has 0 spiro atoms. The SMILES string of the molecule is COC(=O)c1cnn(-c2nc(N)c3ncn([C@@H]4O[C@H](CO)[C@@H](O)[C@H]4O)c3n2)c1. The Morgan fingerprint density at radius 2 is 2.14 bits per heavy atom. The number of fused-ring (bicyclic) bond motifs is 1. The maximum Gasteiger partial charge on any atom is 0.341 e. The van der Waals surface area contributed by atoms with Gasteiger partial charge in [-0.2, -0.15) is 15.1 Å². The largest absolute Gasteiger partial charge is 0.465 e. The Bertz CT molecular complexity index is 1030. The van der Waals surface area contributed by atoms with E-state index in [2.05, 4.69) is 24.8 Å². The highest BCUT2D eigenvalue weighted by Crippen LogP contribution is 2.32. The van der Waals surface area contributed by atoms with Crippen molar-refractivity contribution in [3.05, 3.63) is 24.3 Å². The molecule has 13 nitrogen and oxygen atoms in total. The zero-order valence-electron chi connectivity index (χ0n) is 14.6. The number of esters is 1. The number of aromatic nitrogens is 6. The van der Waals surface area contributed by atoms with E-state index in [0.717, 1.165) is 0 Å². The minimum absolute atomic E-state index is 0.0422. The predicted octanol–water partition coefficient (Wildman–Crippen LogP) is -2.01. The normalized spacial score (nSPS) is 24.7. The van der Waals surface area contributed by atoms with E-state index in [9.17, 15) is 20.1 Å². The summed E-state index contributed by atoms with van der Waals surface area (Å²) in [5.74, 6) is -0.480. The predicted molar refractivity (Wildman–Crippen MR) is 91.2 cm³/mol. The average Bonchev–Trinajstić information content (AvgIpc) is 3.40. The summed E-state index contributed by atoms with van der Waals surface area (Å²) in [7, 11) is 1.25. The molecule has 4 rings (SSSR count). The van der Waals surface area contributed by atoms with Crippen molar-refractivity contribution in [2.45, 2.75) is 24.5 Å². The summed E-state index contributed by atoms with van der Waals surface area (Å²) in [6.07, 6.45) is -0.585. The second-order valence-corrected chi connectivity index (χ2v) is 6.13. The third-order valence-corrected chi connectivity index (χ3v) is 4.44. The number of carbonyl (C=O) groups is 1. The van der Waals surface area contributed by atoms with E-state index >= 15 is 0 Å². The number of anilines is 1. The molecule has 28 heavy (non-hydrogen) atoms. The van der Waals surface area contributed by atoms with Crippen LogP contribution < -0.4 is 5.73 Å². The van der Waals surface area contributed by atoms with Crippen molar-refractivity contribution in [1.82, 2.24) is 29.3 Å². The van der Waals surface area contributed by atoms with Gasteiger partial charge in [-0.25, -0.2) is 14.5 Å². The minimum atomic E-state index is -1.31. The fourth-order valence-electron chi connectivity index (χ4n) is 2.98. The second kappa shape index (κ2) is 6.79. The van der Waals surface area contributed by atoms with Gasteiger partial charge in [0.1, 0.15) is 23.8 Å². The number of nitrogen functional groups attached to an aromatic ring is 1. The molecule has 3 aromatic rings. The molecule has 1 aliphatic heterocycles. The van der Waals surface area contributed by atoms with Crippen LogP contribution in [-0.4, -0.2) is 82.6 Å². The number of carbonyl (C=O) groups excluding carboxylic acids is 1. The van der Waals surface area contributed by atoms with Gasteiger partial charge >= 0.3 is 5.97 Å². The van der Waals surface area contributed by atoms with E-state index < -0.39 is 37.1 Å². The molecular formula is C15H17N7O6. The summed E-state index contributed by atoms with van der Waals surface area (Å²) >= 11 is 0. The Hall–Kier alpha value is -3.13. The van der Waals surface area contributed by atoms with Crippen LogP contribution >= 0.6 is 0 Å². The quantitative estimate of drug-likeness (QED) is 0.360. The van der Waals surface area contributed by atoms with Gasteiger partial charge in [0.2, 0.25) is 0 Å². The lowest BCUT2D eigenvalue weighted by molar-refractivity contribution is -0.0511. The number of ether oxygens (including phenoxy) is 2. The van der Waals surface area contributed by atoms with Gasteiger partial charge in [0.25, 0.3) is 5.95 Å². The molecule has 0 radical (unpaired) electrons. The molecule has 0 bridgehead atoms. The van der Waals surface area contributed by atoms with Gasteiger partial charge in [0.05, 0.1) is 31.8 Å². The van der Waals surface area contributed by atoms with Crippen molar-refractivity contribution >= 4 is 23.0 Å². The smallest absolute Gasteiger partial charge is 0.341 e. The molecule has 1 aliphatic rings. The third-order valence-electron chi connectivity index (χ3n) is 4.44. The van der Waals surface area contributed by atoms with Gasteiger partial charge in [0, 0.05) is 6.20 Å². The van der Waals surface area contributed by atoms with Gasteiger partial charge in [-0.3, -0.25) is 4.57 Å². The Kier molecular flexibility index (Phi) is 4.43. The zero-order chi connectivity index (χ0) is 20.0. The van der Waals surface area contributed by atoms with Crippen molar-refractivity contribution in [3.63, 3.8) is 0 Å². The zero-order valence-corrected chi connectivity index (χ0v) is 14.6. The van der Waals surface area contributed by atoms with Gasteiger partial charge < -0.3 is 30.5 Å². The van der Waals surface area contributed by atoms with Crippen LogP contribution in [0.4, 0.5) is 5.82 Å². The standard InChI is InChI=1S/C15H17N7O6/c1-27-14(26)6-2-18-22(3-6)15-19-11(16)8-12(20-15)21(5-17-8)13-10(25)9(24)7(4-23)28-13/h2-3,5,7,9-10,13,23-25H,4H2,1H3,(H2,16,19,20)/t7-,9-,10-,13-/m1/s1. The summed E-state index contributed by atoms with van der Waals surface area (Å²) in [5, 5.41) is 33.5.